The van der Waals surface area contributed by atoms with Gasteiger partial charge in [0.15, 0.2) is 0 Å². The molecule has 1 aromatic heterocycles. The Hall–Kier alpha value is -0.510. The lowest BCUT2D eigenvalue weighted by Gasteiger charge is -2.14. The highest BCUT2D eigenvalue weighted by molar-refractivity contribution is 8.54. The zero-order valence-corrected chi connectivity index (χ0v) is 13.5. The Kier molecular flexibility index (Phi) is 5.07. The highest BCUT2D eigenvalue weighted by Crippen LogP contribution is 2.53. The molecular formula is C10H15N2O6PS2. The lowest BCUT2D eigenvalue weighted by molar-refractivity contribution is 0.170. The number of aromatic amines is 1. The Morgan fingerprint density at radius 1 is 1.52 bits per heavy atom. The van der Waals surface area contributed by atoms with Crippen molar-refractivity contribution >= 4 is 29.9 Å². The minimum Gasteiger partial charge on any atom is -0.392 e. The number of nitrogens with one attached hydrogen (secondary N) is 1. The molecule has 1 saturated heterocycles. The second-order valence-electron chi connectivity index (χ2n) is 4.70. The van der Waals surface area contributed by atoms with Gasteiger partial charge in [0.05, 0.1) is 11.5 Å². The third kappa shape index (κ3) is 4.24. The number of rotatable bonds is 4. The third-order valence-corrected chi connectivity index (χ3v) is 7.14. The van der Waals surface area contributed by atoms with Gasteiger partial charge in [0.1, 0.15) is 0 Å². The fraction of sp³-hybridized carbons (Fsp3) is 0.600. The molecule has 2 heterocycles. The van der Waals surface area contributed by atoms with Crippen LogP contribution < -0.4 is 11.2 Å². The molecule has 0 amide bonds. The van der Waals surface area contributed by atoms with Crippen molar-refractivity contribution in [2.45, 2.75) is 30.1 Å². The van der Waals surface area contributed by atoms with Gasteiger partial charge in [-0.2, -0.15) is 0 Å². The number of hydrogen-bond donors (Lipinski definition) is 4. The third-order valence-electron chi connectivity index (χ3n) is 3.07. The van der Waals surface area contributed by atoms with Crippen LogP contribution in [-0.2, 0) is 4.57 Å². The molecule has 11 heteroatoms. The number of aliphatic hydroxyl groups is 1. The Bertz CT molecular complexity index is 683. The largest absolute Gasteiger partial charge is 0.392 e. The first kappa shape index (κ1) is 16.9. The van der Waals surface area contributed by atoms with Crippen molar-refractivity contribution < 1.29 is 19.5 Å². The van der Waals surface area contributed by atoms with Gasteiger partial charge < -0.3 is 14.9 Å². The van der Waals surface area contributed by atoms with Crippen LogP contribution in [0.2, 0.25) is 0 Å². The summed E-state index contributed by atoms with van der Waals surface area (Å²) in [5, 5.41) is 9.21. The number of hydrogen-bond acceptors (Lipinski definition) is 6. The van der Waals surface area contributed by atoms with Crippen LogP contribution in [-0.4, -0.2) is 41.6 Å². The number of aliphatic hydroxyl groups excluding tert-OH is 1. The predicted molar refractivity (Wildman–Crippen MR) is 81.6 cm³/mol. The molecule has 21 heavy (non-hydrogen) atoms. The molecule has 0 aromatic carbocycles. The van der Waals surface area contributed by atoms with E-state index in [0.717, 1.165) is 0 Å². The topological polar surface area (TPSA) is 133 Å². The Balaban J connectivity index is 2.14. The standard InChI is InChI=1S/C10H15N2O6PS2/c1-5-3-12(10(15)11-9(5)14)8-2-6(13)7(21-8)4-20-19(16,17)18/h3,6-8,13H,2,4H2,1H3,(H,11,14,15)(H2,16,17,18). The highest BCUT2D eigenvalue weighted by atomic mass is 32.7. The number of aryl methyl sites for hydroxylation is 1. The summed E-state index contributed by atoms with van der Waals surface area (Å²) in [6.07, 6.45) is 0.949. The van der Waals surface area contributed by atoms with Gasteiger partial charge in [-0.3, -0.25) is 14.3 Å². The van der Waals surface area contributed by atoms with Crippen LogP contribution in [0.25, 0.3) is 0 Å². The van der Waals surface area contributed by atoms with Crippen molar-refractivity contribution in [1.82, 2.24) is 9.55 Å². The summed E-state index contributed by atoms with van der Waals surface area (Å²) in [4.78, 5) is 43.0. The quantitative estimate of drug-likeness (QED) is 0.557. The zero-order chi connectivity index (χ0) is 15.8. The fourth-order valence-corrected chi connectivity index (χ4v) is 5.75. The lowest BCUT2D eigenvalue weighted by atomic mass is 10.2. The SMILES string of the molecule is Cc1cn(C2CC(O)C(CSP(=O)(O)O)S2)c(=O)[nH]c1=O. The van der Waals surface area contributed by atoms with Crippen molar-refractivity contribution in [2.75, 3.05) is 5.75 Å². The smallest absolute Gasteiger partial charge is 0.384 e. The van der Waals surface area contributed by atoms with Crippen molar-refractivity contribution in [1.29, 1.82) is 0 Å². The molecule has 1 aliphatic rings. The second-order valence-corrected chi connectivity index (χ2v) is 9.89. The number of aromatic nitrogens is 2. The number of nitrogens with zero attached hydrogens (tertiary/aromatic N) is 1. The van der Waals surface area contributed by atoms with Crippen LogP contribution in [0, 0.1) is 6.92 Å². The van der Waals surface area contributed by atoms with Crippen molar-refractivity contribution in [3.05, 3.63) is 32.6 Å². The first-order valence-electron chi connectivity index (χ1n) is 6.03. The van der Waals surface area contributed by atoms with E-state index >= 15 is 0 Å². The van der Waals surface area contributed by atoms with Gasteiger partial charge in [-0.25, -0.2) is 9.36 Å². The van der Waals surface area contributed by atoms with E-state index in [4.69, 9.17) is 9.79 Å². The summed E-state index contributed by atoms with van der Waals surface area (Å²) >= 11 is 1.75. The average Bonchev–Trinajstić information content (AvgIpc) is 2.72. The van der Waals surface area contributed by atoms with E-state index in [1.54, 1.807) is 6.92 Å². The van der Waals surface area contributed by atoms with Gasteiger partial charge in [-0.1, -0.05) is 0 Å². The first-order chi connectivity index (χ1) is 9.67. The minimum atomic E-state index is -4.18. The molecule has 3 atom stereocenters. The molecule has 0 bridgehead atoms. The van der Waals surface area contributed by atoms with Crippen LogP contribution in [0.15, 0.2) is 15.8 Å². The van der Waals surface area contributed by atoms with Crippen LogP contribution in [0.4, 0.5) is 0 Å². The summed E-state index contributed by atoms with van der Waals surface area (Å²) < 4.78 is 12.2. The van der Waals surface area contributed by atoms with E-state index in [2.05, 4.69) is 4.98 Å². The van der Waals surface area contributed by atoms with Gasteiger partial charge in [-0.05, 0) is 18.3 Å². The van der Waals surface area contributed by atoms with E-state index in [1.165, 1.54) is 22.5 Å². The number of thioether (sulfide) groups is 1. The highest BCUT2D eigenvalue weighted by Gasteiger charge is 2.36. The van der Waals surface area contributed by atoms with Gasteiger partial charge >= 0.3 is 12.5 Å². The van der Waals surface area contributed by atoms with Gasteiger partial charge in [-0.15, -0.1) is 11.8 Å². The molecule has 0 spiro atoms. The summed E-state index contributed by atoms with van der Waals surface area (Å²) in [7, 11) is 0. The van der Waals surface area contributed by atoms with Crippen molar-refractivity contribution in [3.8, 4) is 0 Å². The predicted octanol–water partition coefficient (Wildman–Crippen LogP) is 0.0359. The molecule has 118 valence electrons. The number of H-pyrrole nitrogens is 1. The summed E-state index contributed by atoms with van der Waals surface area (Å²) in [6.45, 7) is -2.61. The fourth-order valence-electron chi connectivity index (χ4n) is 2.01. The van der Waals surface area contributed by atoms with E-state index in [1.807, 2.05) is 0 Å². The van der Waals surface area contributed by atoms with Gasteiger partial charge in [0, 0.05) is 29.2 Å². The van der Waals surface area contributed by atoms with Gasteiger partial charge in [0.2, 0.25) is 0 Å². The Morgan fingerprint density at radius 2 is 2.19 bits per heavy atom. The van der Waals surface area contributed by atoms with E-state index < -0.39 is 24.2 Å². The Labute approximate surface area is 127 Å². The van der Waals surface area contributed by atoms with E-state index in [9.17, 15) is 19.3 Å². The van der Waals surface area contributed by atoms with E-state index in [-0.39, 0.29) is 22.8 Å². The van der Waals surface area contributed by atoms with Crippen LogP contribution in [0.3, 0.4) is 0 Å². The monoisotopic (exact) mass is 354 g/mol. The first-order valence-corrected chi connectivity index (χ1v) is 10.2. The lowest BCUT2D eigenvalue weighted by Crippen LogP contribution is -2.32. The van der Waals surface area contributed by atoms with Crippen LogP contribution >= 0.6 is 29.9 Å². The van der Waals surface area contributed by atoms with Crippen molar-refractivity contribution in [2.24, 2.45) is 0 Å². The average molecular weight is 354 g/mol. The molecule has 4 N–H and O–H groups in total. The molecule has 8 nitrogen and oxygen atoms in total. The molecule has 1 aliphatic heterocycles. The Morgan fingerprint density at radius 3 is 2.81 bits per heavy atom. The zero-order valence-electron chi connectivity index (χ0n) is 11.0. The molecule has 0 saturated carbocycles. The maximum absolute atomic E-state index is 11.8. The summed E-state index contributed by atoms with van der Waals surface area (Å²) in [5.41, 5.74) is -0.621. The molecule has 0 radical (unpaired) electrons. The molecule has 1 aromatic rings. The minimum absolute atomic E-state index is 0.0870. The van der Waals surface area contributed by atoms with Gasteiger partial charge in [0.25, 0.3) is 5.56 Å². The molecule has 2 rings (SSSR count). The molecular weight excluding hydrogens is 339 g/mol. The molecule has 0 aliphatic carbocycles. The van der Waals surface area contributed by atoms with Crippen molar-refractivity contribution in [3.63, 3.8) is 0 Å². The molecule has 3 unspecified atom stereocenters. The van der Waals surface area contributed by atoms with Crippen LogP contribution in [0.5, 0.6) is 0 Å². The summed E-state index contributed by atoms with van der Waals surface area (Å²) in [5.74, 6) is 0.0870. The molecule has 1 fully saturated rings. The second kappa shape index (κ2) is 6.31. The maximum atomic E-state index is 11.8. The summed E-state index contributed by atoms with van der Waals surface area (Å²) in [6, 6.07) is 0. The normalized spacial score (nSPS) is 26.2. The van der Waals surface area contributed by atoms with E-state index in [0.29, 0.717) is 16.9 Å². The van der Waals surface area contributed by atoms with Crippen LogP contribution in [0.1, 0.15) is 17.4 Å². The maximum Gasteiger partial charge on any atom is 0.384 e.